The zero-order chi connectivity index (χ0) is 24.8. The molecular formula is C23H24O8S2. The molecule has 10 heteroatoms. The third-order valence-electron chi connectivity index (χ3n) is 4.87. The van der Waals surface area contributed by atoms with Crippen LogP contribution in [0.1, 0.15) is 31.8 Å². The molecule has 0 saturated heterocycles. The van der Waals surface area contributed by atoms with Crippen molar-refractivity contribution in [2.45, 2.75) is 24.4 Å². The zero-order valence-electron chi connectivity index (χ0n) is 18.5. The number of aliphatic carboxylic acids is 2. The molecule has 0 unspecified atom stereocenters. The number of carbonyl (C=O) groups is 4. The number of esters is 2. The van der Waals surface area contributed by atoms with Crippen molar-refractivity contribution in [3.05, 3.63) is 70.8 Å². The largest absolute Gasteiger partial charge is 0.478 e. The topological polar surface area (TPSA) is 127 Å². The maximum atomic E-state index is 12.9. The molecule has 0 aliphatic heterocycles. The van der Waals surface area contributed by atoms with E-state index in [1.807, 2.05) is 0 Å². The minimum Gasteiger partial charge on any atom is -0.478 e. The Bertz CT molecular complexity index is 1040. The average Bonchev–Trinajstić information content (AvgIpc) is 2.77. The van der Waals surface area contributed by atoms with Crippen LogP contribution in [0.15, 0.2) is 48.5 Å². The van der Waals surface area contributed by atoms with Crippen LogP contribution in [-0.4, -0.2) is 62.9 Å². The summed E-state index contributed by atoms with van der Waals surface area (Å²) < 4.78 is 10.8. The van der Waals surface area contributed by atoms with Crippen molar-refractivity contribution in [2.24, 2.45) is 0 Å². The first-order chi connectivity index (χ1) is 15.5. The van der Waals surface area contributed by atoms with Crippen molar-refractivity contribution in [1.82, 2.24) is 0 Å². The monoisotopic (exact) mass is 492 g/mol. The predicted molar refractivity (Wildman–Crippen MR) is 126 cm³/mol. The van der Waals surface area contributed by atoms with Crippen molar-refractivity contribution < 1.29 is 38.9 Å². The lowest BCUT2D eigenvalue weighted by atomic mass is 9.96. The van der Waals surface area contributed by atoms with Crippen LogP contribution >= 0.6 is 23.5 Å². The standard InChI is InChI=1S/C23H24O8S2/c1-14-5-9-16(10-6-14)18(24)30-22(13-32-3,20(26)27)23(33-4,21(28)29)31-19(25)17-11-7-15(2)8-12-17/h5-12H,13H2,1-4H3,(H,26,27)(H,28,29)/t22-,23+/m0/s1. The van der Waals surface area contributed by atoms with E-state index in [4.69, 9.17) is 9.47 Å². The molecule has 2 N–H and O–H groups in total. The molecule has 33 heavy (non-hydrogen) atoms. The van der Waals surface area contributed by atoms with Gasteiger partial charge in [0.2, 0.25) is 0 Å². The molecule has 0 radical (unpaired) electrons. The highest BCUT2D eigenvalue weighted by atomic mass is 32.2. The smallest absolute Gasteiger partial charge is 0.364 e. The zero-order valence-corrected chi connectivity index (χ0v) is 20.1. The molecule has 2 aromatic carbocycles. The fourth-order valence-corrected chi connectivity index (χ4v) is 4.77. The second kappa shape index (κ2) is 10.8. The van der Waals surface area contributed by atoms with Gasteiger partial charge >= 0.3 is 28.8 Å². The molecule has 2 atom stereocenters. The molecule has 0 saturated carbocycles. The highest BCUT2D eigenvalue weighted by molar-refractivity contribution is 8.01. The average molecular weight is 493 g/mol. The van der Waals surface area contributed by atoms with Crippen LogP contribution in [0.3, 0.4) is 0 Å². The lowest BCUT2D eigenvalue weighted by Gasteiger charge is -2.41. The van der Waals surface area contributed by atoms with E-state index >= 15 is 0 Å². The maximum absolute atomic E-state index is 12.9. The van der Waals surface area contributed by atoms with Crippen molar-refractivity contribution in [1.29, 1.82) is 0 Å². The first-order valence-corrected chi connectivity index (χ1v) is 12.3. The van der Waals surface area contributed by atoms with Gasteiger partial charge < -0.3 is 19.7 Å². The Labute approximate surface area is 199 Å². The van der Waals surface area contributed by atoms with Crippen LogP contribution < -0.4 is 0 Å². The summed E-state index contributed by atoms with van der Waals surface area (Å²) in [5.41, 5.74) is -0.974. The van der Waals surface area contributed by atoms with E-state index in [0.717, 1.165) is 22.9 Å². The fourth-order valence-electron chi connectivity index (χ4n) is 3.02. The quantitative estimate of drug-likeness (QED) is 0.375. The van der Waals surface area contributed by atoms with Crippen molar-refractivity contribution in [3.63, 3.8) is 0 Å². The van der Waals surface area contributed by atoms with Gasteiger partial charge in [-0.25, -0.2) is 19.2 Å². The minimum absolute atomic E-state index is 0.0218. The molecule has 0 bridgehead atoms. The Morgan fingerprint density at radius 3 is 1.52 bits per heavy atom. The first-order valence-electron chi connectivity index (χ1n) is 9.64. The number of hydrogen-bond donors (Lipinski definition) is 2. The van der Waals surface area contributed by atoms with E-state index in [9.17, 15) is 29.4 Å². The number of carboxylic acids is 2. The van der Waals surface area contributed by atoms with Gasteiger partial charge in [0.25, 0.3) is 5.60 Å². The summed E-state index contributed by atoms with van der Waals surface area (Å²) in [5.74, 6) is -6.15. The summed E-state index contributed by atoms with van der Waals surface area (Å²) in [6.45, 7) is 3.61. The van der Waals surface area contributed by atoms with Crippen LogP contribution in [0, 0.1) is 13.8 Å². The van der Waals surface area contributed by atoms with Gasteiger partial charge in [0.15, 0.2) is 0 Å². The van der Waals surface area contributed by atoms with E-state index in [1.54, 1.807) is 38.1 Å². The molecule has 2 aromatic rings. The van der Waals surface area contributed by atoms with Gasteiger partial charge in [-0.05, 0) is 50.6 Å². The molecule has 0 spiro atoms. The highest BCUT2D eigenvalue weighted by Crippen LogP contribution is 2.43. The molecule has 8 nitrogen and oxygen atoms in total. The number of aryl methyl sites for hydroxylation is 2. The summed E-state index contributed by atoms with van der Waals surface area (Å²) in [6.07, 6.45) is 2.79. The van der Waals surface area contributed by atoms with E-state index in [-0.39, 0.29) is 11.1 Å². The second-order valence-corrected chi connectivity index (χ2v) is 9.05. The molecule has 0 heterocycles. The molecule has 176 valence electrons. The Morgan fingerprint density at radius 1 is 0.758 bits per heavy atom. The van der Waals surface area contributed by atoms with Crippen LogP contribution in [0.2, 0.25) is 0 Å². The fraction of sp³-hybridized carbons (Fsp3) is 0.304. The maximum Gasteiger partial charge on any atom is 0.364 e. The normalized spacial score (nSPS) is 14.4. The third-order valence-corrected chi connectivity index (χ3v) is 6.73. The van der Waals surface area contributed by atoms with Gasteiger partial charge in [-0.1, -0.05) is 35.4 Å². The molecular weight excluding hydrogens is 468 g/mol. The Morgan fingerprint density at radius 2 is 1.18 bits per heavy atom. The predicted octanol–water partition coefficient (Wildman–Crippen LogP) is 3.65. The van der Waals surface area contributed by atoms with Gasteiger partial charge in [-0.2, -0.15) is 11.8 Å². The number of carboxylic acid groups (broad SMARTS) is 2. The first kappa shape index (κ1) is 26.3. The van der Waals surface area contributed by atoms with E-state index in [1.165, 1.54) is 36.8 Å². The Hall–Kier alpha value is -2.98. The highest BCUT2D eigenvalue weighted by Gasteiger charge is 2.68. The summed E-state index contributed by atoms with van der Waals surface area (Å²) in [6, 6.07) is 12.2. The summed E-state index contributed by atoms with van der Waals surface area (Å²) in [4.78, 5) is 48.0. The lowest BCUT2D eigenvalue weighted by Crippen LogP contribution is -2.67. The molecule has 2 rings (SSSR count). The lowest BCUT2D eigenvalue weighted by molar-refractivity contribution is -0.186. The van der Waals surface area contributed by atoms with Crippen LogP contribution in [0.5, 0.6) is 0 Å². The Balaban J connectivity index is 2.60. The summed E-state index contributed by atoms with van der Waals surface area (Å²) >= 11 is 1.39. The Kier molecular flexibility index (Phi) is 8.57. The summed E-state index contributed by atoms with van der Waals surface area (Å²) in [5, 5.41) is 20.3. The van der Waals surface area contributed by atoms with Crippen molar-refractivity contribution in [3.8, 4) is 0 Å². The van der Waals surface area contributed by atoms with E-state index in [2.05, 4.69) is 0 Å². The number of benzene rings is 2. The molecule has 0 aliphatic carbocycles. The van der Waals surface area contributed by atoms with Crippen LogP contribution in [0.4, 0.5) is 0 Å². The molecule has 0 aromatic heterocycles. The number of thioether (sulfide) groups is 2. The minimum atomic E-state index is -2.77. The van der Waals surface area contributed by atoms with Gasteiger partial charge in [0, 0.05) is 5.75 Å². The molecule has 0 amide bonds. The van der Waals surface area contributed by atoms with Gasteiger partial charge in [-0.3, -0.25) is 0 Å². The van der Waals surface area contributed by atoms with Gasteiger partial charge in [-0.15, -0.1) is 11.8 Å². The molecule has 0 aliphatic rings. The van der Waals surface area contributed by atoms with E-state index < -0.39 is 40.2 Å². The number of hydrogen-bond acceptors (Lipinski definition) is 8. The number of carbonyl (C=O) groups excluding carboxylic acids is 2. The summed E-state index contributed by atoms with van der Waals surface area (Å²) in [7, 11) is 0. The van der Waals surface area contributed by atoms with Gasteiger partial charge in [0.05, 0.1) is 11.1 Å². The third kappa shape index (κ3) is 5.33. The second-order valence-electron chi connectivity index (χ2n) is 7.20. The number of rotatable bonds is 10. The van der Waals surface area contributed by atoms with Crippen molar-refractivity contribution in [2.75, 3.05) is 18.3 Å². The number of ether oxygens (including phenoxy) is 2. The van der Waals surface area contributed by atoms with E-state index in [0.29, 0.717) is 11.8 Å². The SMILES string of the molecule is CSC[C@](OC(=O)c1ccc(C)cc1)(C(=O)O)[C@](OC(=O)c1ccc(C)cc1)(SC)C(=O)O. The van der Waals surface area contributed by atoms with Gasteiger partial charge in [0.1, 0.15) is 0 Å². The molecule has 0 fully saturated rings. The van der Waals surface area contributed by atoms with Crippen LogP contribution in [-0.2, 0) is 19.1 Å². The van der Waals surface area contributed by atoms with Crippen molar-refractivity contribution >= 4 is 47.4 Å². The van der Waals surface area contributed by atoms with Crippen LogP contribution in [0.25, 0.3) is 0 Å².